The molecule has 6 atom stereocenters. The van der Waals surface area contributed by atoms with Crippen molar-refractivity contribution in [2.24, 2.45) is 23.7 Å². The molecule has 30 heavy (non-hydrogen) atoms. The zero-order valence-electron chi connectivity index (χ0n) is 17.1. The highest BCUT2D eigenvalue weighted by Gasteiger charge is 2.54. The van der Waals surface area contributed by atoms with Gasteiger partial charge in [-0.3, -0.25) is 14.6 Å². The van der Waals surface area contributed by atoms with E-state index in [0.29, 0.717) is 11.6 Å². The SMILES string of the molecule is CC1CC1C1CC1C(=O)N[C@@H]1CCCC[C@H]1NC(=O)c1ccc2cncc(Br)c2n1. The predicted molar refractivity (Wildman–Crippen MR) is 118 cm³/mol. The van der Waals surface area contributed by atoms with Crippen molar-refractivity contribution in [1.82, 2.24) is 20.6 Å². The van der Waals surface area contributed by atoms with Gasteiger partial charge in [0.05, 0.1) is 9.99 Å². The van der Waals surface area contributed by atoms with Gasteiger partial charge in [0.1, 0.15) is 5.69 Å². The minimum atomic E-state index is -0.192. The molecular formula is C23H27BrN4O2. The van der Waals surface area contributed by atoms with Crippen molar-refractivity contribution < 1.29 is 9.59 Å². The van der Waals surface area contributed by atoms with Crippen LogP contribution in [0.4, 0.5) is 0 Å². The van der Waals surface area contributed by atoms with Crippen LogP contribution in [0.1, 0.15) is 55.9 Å². The van der Waals surface area contributed by atoms with Crippen LogP contribution in [0.3, 0.4) is 0 Å². The average molecular weight is 471 g/mol. The van der Waals surface area contributed by atoms with Gasteiger partial charge in [0.25, 0.3) is 5.91 Å². The molecular weight excluding hydrogens is 444 g/mol. The second kappa shape index (κ2) is 7.91. The molecule has 5 rings (SSSR count). The molecule has 0 spiro atoms. The van der Waals surface area contributed by atoms with Gasteiger partial charge in [-0.15, -0.1) is 0 Å². The van der Waals surface area contributed by atoms with Crippen molar-refractivity contribution in [2.75, 3.05) is 0 Å². The van der Waals surface area contributed by atoms with Crippen LogP contribution in [0.25, 0.3) is 10.9 Å². The van der Waals surface area contributed by atoms with Crippen LogP contribution in [0.15, 0.2) is 29.0 Å². The van der Waals surface area contributed by atoms with Crippen molar-refractivity contribution in [1.29, 1.82) is 0 Å². The summed E-state index contributed by atoms with van der Waals surface area (Å²) in [6.07, 6.45) is 9.66. The number of pyridine rings is 2. The zero-order chi connectivity index (χ0) is 20.8. The van der Waals surface area contributed by atoms with Crippen molar-refractivity contribution in [2.45, 2.75) is 57.5 Å². The molecule has 2 aromatic heterocycles. The van der Waals surface area contributed by atoms with E-state index in [9.17, 15) is 9.59 Å². The van der Waals surface area contributed by atoms with E-state index in [1.807, 2.05) is 6.07 Å². The summed E-state index contributed by atoms with van der Waals surface area (Å²) in [4.78, 5) is 34.3. The number of nitrogens with zero attached hydrogens (tertiary/aromatic N) is 2. The van der Waals surface area contributed by atoms with Gasteiger partial charge in [0, 0.05) is 35.8 Å². The van der Waals surface area contributed by atoms with Crippen LogP contribution < -0.4 is 10.6 Å². The van der Waals surface area contributed by atoms with Crippen LogP contribution in [-0.2, 0) is 4.79 Å². The number of amides is 2. The molecule has 0 saturated heterocycles. The lowest BCUT2D eigenvalue weighted by molar-refractivity contribution is -0.123. The quantitative estimate of drug-likeness (QED) is 0.694. The highest BCUT2D eigenvalue weighted by Crippen LogP contribution is 2.57. The Labute approximate surface area is 184 Å². The molecule has 3 aliphatic rings. The summed E-state index contributed by atoms with van der Waals surface area (Å²) in [6, 6.07) is 3.55. The first-order valence-electron chi connectivity index (χ1n) is 11.0. The summed E-state index contributed by atoms with van der Waals surface area (Å²) in [6.45, 7) is 2.28. The van der Waals surface area contributed by atoms with Crippen LogP contribution in [-0.4, -0.2) is 33.9 Å². The van der Waals surface area contributed by atoms with Crippen LogP contribution >= 0.6 is 15.9 Å². The maximum absolute atomic E-state index is 12.9. The Hall–Kier alpha value is -2.02. The van der Waals surface area contributed by atoms with Crippen LogP contribution in [0, 0.1) is 23.7 Å². The minimum Gasteiger partial charge on any atom is -0.351 e. The highest BCUT2D eigenvalue weighted by molar-refractivity contribution is 9.10. The Morgan fingerprint density at radius 3 is 2.50 bits per heavy atom. The number of hydrogen-bond acceptors (Lipinski definition) is 4. The Morgan fingerprint density at radius 2 is 1.77 bits per heavy atom. The molecule has 3 aliphatic carbocycles. The van der Waals surface area contributed by atoms with E-state index in [0.717, 1.165) is 59.3 Å². The molecule has 2 heterocycles. The average Bonchev–Trinajstić information content (AvgIpc) is 3.65. The zero-order valence-corrected chi connectivity index (χ0v) is 18.7. The van der Waals surface area contributed by atoms with Gasteiger partial charge in [-0.25, -0.2) is 4.98 Å². The first-order valence-corrected chi connectivity index (χ1v) is 11.8. The van der Waals surface area contributed by atoms with Crippen molar-refractivity contribution >= 4 is 38.6 Å². The van der Waals surface area contributed by atoms with Crippen molar-refractivity contribution in [3.05, 3.63) is 34.7 Å². The normalized spacial score (nSPS) is 32.5. The summed E-state index contributed by atoms with van der Waals surface area (Å²) in [5.74, 6) is 2.32. The van der Waals surface area contributed by atoms with E-state index in [1.165, 1.54) is 6.42 Å². The van der Waals surface area contributed by atoms with Gasteiger partial charge in [-0.2, -0.15) is 0 Å². The Morgan fingerprint density at radius 1 is 1.03 bits per heavy atom. The Balaban J connectivity index is 1.24. The smallest absolute Gasteiger partial charge is 0.270 e. The third-order valence-electron chi connectivity index (χ3n) is 7.10. The van der Waals surface area contributed by atoms with Gasteiger partial charge in [0.2, 0.25) is 5.91 Å². The number of carbonyl (C=O) groups excluding carboxylic acids is 2. The lowest BCUT2D eigenvalue weighted by Gasteiger charge is -2.33. The van der Waals surface area contributed by atoms with Crippen molar-refractivity contribution in [3.63, 3.8) is 0 Å². The third-order valence-corrected chi connectivity index (χ3v) is 7.68. The minimum absolute atomic E-state index is 0.00414. The predicted octanol–water partition coefficient (Wildman–Crippen LogP) is 3.84. The Bertz CT molecular complexity index is 996. The van der Waals surface area contributed by atoms with E-state index in [4.69, 9.17) is 0 Å². The number of halogens is 1. The van der Waals surface area contributed by atoms with Gasteiger partial charge in [-0.05, 0) is 71.5 Å². The fourth-order valence-corrected chi connectivity index (χ4v) is 5.52. The highest BCUT2D eigenvalue weighted by atomic mass is 79.9. The fourth-order valence-electron chi connectivity index (χ4n) is 5.08. The molecule has 3 saturated carbocycles. The van der Waals surface area contributed by atoms with E-state index in [1.54, 1.807) is 18.5 Å². The molecule has 0 radical (unpaired) electrons. The largest absolute Gasteiger partial charge is 0.351 e. The summed E-state index contributed by atoms with van der Waals surface area (Å²) >= 11 is 3.45. The lowest BCUT2D eigenvalue weighted by Crippen LogP contribution is -2.53. The first-order chi connectivity index (χ1) is 14.5. The van der Waals surface area contributed by atoms with Crippen molar-refractivity contribution in [3.8, 4) is 0 Å². The first kappa shape index (κ1) is 19.9. The van der Waals surface area contributed by atoms with Crippen LogP contribution in [0.2, 0.25) is 0 Å². The standard InChI is InChI=1S/C23H27BrN4O2/c1-12-8-14(12)15-9-16(15)22(29)27-18-4-2-3-5-19(18)28-23(30)20-7-6-13-10-25-11-17(24)21(13)26-20/h6-7,10-12,14-16,18-19H,2-5,8-9H2,1H3,(H,27,29)(H,28,30)/t12?,14?,15?,16?,18-,19-/m1/s1. The number of rotatable bonds is 5. The second-order valence-corrected chi connectivity index (χ2v) is 10.1. The maximum atomic E-state index is 12.9. The Kier molecular flexibility index (Phi) is 5.25. The molecule has 2 aromatic rings. The fraction of sp³-hybridized carbons (Fsp3) is 0.565. The topological polar surface area (TPSA) is 84.0 Å². The summed E-state index contributed by atoms with van der Waals surface area (Å²) in [7, 11) is 0. The number of hydrogen-bond donors (Lipinski definition) is 2. The molecule has 7 heteroatoms. The van der Waals surface area contributed by atoms with Gasteiger partial charge in [0.15, 0.2) is 0 Å². The molecule has 2 amide bonds. The number of aromatic nitrogens is 2. The van der Waals surface area contributed by atoms with E-state index in [-0.39, 0.29) is 29.8 Å². The van der Waals surface area contributed by atoms with E-state index in [2.05, 4.69) is 43.5 Å². The second-order valence-electron chi connectivity index (χ2n) is 9.25. The van der Waals surface area contributed by atoms with Gasteiger partial charge < -0.3 is 10.6 Å². The van der Waals surface area contributed by atoms with E-state index < -0.39 is 0 Å². The van der Waals surface area contributed by atoms with Crippen LogP contribution in [0.5, 0.6) is 0 Å². The molecule has 2 N–H and O–H groups in total. The van der Waals surface area contributed by atoms with E-state index >= 15 is 0 Å². The molecule has 4 unspecified atom stereocenters. The number of nitrogens with one attached hydrogen (secondary N) is 2. The molecule has 0 aromatic carbocycles. The molecule has 0 aliphatic heterocycles. The molecule has 6 nitrogen and oxygen atoms in total. The molecule has 158 valence electrons. The number of carbonyl (C=O) groups is 2. The molecule has 3 fully saturated rings. The summed E-state index contributed by atoms with van der Waals surface area (Å²) in [5.41, 5.74) is 1.11. The van der Waals surface area contributed by atoms with Gasteiger partial charge in [-0.1, -0.05) is 19.8 Å². The summed E-state index contributed by atoms with van der Waals surface area (Å²) in [5, 5.41) is 7.29. The lowest BCUT2D eigenvalue weighted by atomic mass is 9.90. The monoisotopic (exact) mass is 470 g/mol. The third kappa shape index (κ3) is 3.96. The molecule has 0 bridgehead atoms. The summed E-state index contributed by atoms with van der Waals surface area (Å²) < 4.78 is 0.765. The van der Waals surface area contributed by atoms with Gasteiger partial charge >= 0.3 is 0 Å². The number of fused-ring (bicyclic) bond motifs is 1. The maximum Gasteiger partial charge on any atom is 0.270 e.